The Labute approximate surface area is 163 Å². The molecule has 0 unspecified atom stereocenters. The maximum Gasteiger partial charge on any atom is 0.257 e. The number of ether oxygens (including phenoxy) is 1. The fourth-order valence-electron chi connectivity index (χ4n) is 2.71. The van der Waals surface area contributed by atoms with E-state index in [0.29, 0.717) is 22.6 Å². The van der Waals surface area contributed by atoms with Crippen LogP contribution in [0.1, 0.15) is 33.2 Å². The number of rotatable bonds is 6. The molecule has 0 aliphatic rings. The summed E-state index contributed by atoms with van der Waals surface area (Å²) in [5.41, 5.74) is 3.03. The number of hydrogen-bond acceptors (Lipinski definition) is 4. The number of pyridine rings is 1. The average Bonchev–Trinajstić information content (AvgIpc) is 2.74. The van der Waals surface area contributed by atoms with Crippen molar-refractivity contribution >= 4 is 23.2 Å². The molecule has 28 heavy (non-hydrogen) atoms. The quantitative estimate of drug-likeness (QED) is 0.678. The molecule has 2 amide bonds. The summed E-state index contributed by atoms with van der Waals surface area (Å²) in [6.07, 6.45) is 3.67. The first-order chi connectivity index (χ1) is 13.6. The van der Waals surface area contributed by atoms with Gasteiger partial charge in [0.2, 0.25) is 0 Å². The van der Waals surface area contributed by atoms with E-state index in [1.165, 1.54) is 18.5 Å². The summed E-state index contributed by atoms with van der Waals surface area (Å²) in [5, 5.41) is 5.66. The smallest absolute Gasteiger partial charge is 0.257 e. The molecule has 3 rings (SSSR count). The number of nitrogens with one attached hydrogen (secondary N) is 2. The Morgan fingerprint density at radius 3 is 2.21 bits per heavy atom. The lowest BCUT2D eigenvalue weighted by Gasteiger charge is -2.10. The van der Waals surface area contributed by atoms with Gasteiger partial charge in [-0.3, -0.25) is 14.6 Å². The maximum absolute atomic E-state index is 12.6. The SMILES string of the molecule is CCc1ccccc1NC(=O)c1cncc(C(=O)Nc2ccc(OC)cc2)c1. The van der Waals surface area contributed by atoms with E-state index in [4.69, 9.17) is 4.74 Å². The largest absolute Gasteiger partial charge is 0.497 e. The third-order valence-corrected chi connectivity index (χ3v) is 4.26. The topological polar surface area (TPSA) is 80.3 Å². The van der Waals surface area contributed by atoms with Crippen LogP contribution in [0.3, 0.4) is 0 Å². The molecule has 0 aliphatic heterocycles. The molecule has 0 spiro atoms. The van der Waals surface area contributed by atoms with Crippen molar-refractivity contribution in [1.82, 2.24) is 4.98 Å². The van der Waals surface area contributed by atoms with Crippen LogP contribution in [-0.4, -0.2) is 23.9 Å². The molecule has 142 valence electrons. The second-order valence-electron chi connectivity index (χ2n) is 6.11. The number of methoxy groups -OCH3 is 1. The Morgan fingerprint density at radius 2 is 1.57 bits per heavy atom. The van der Waals surface area contributed by atoms with Crippen LogP contribution in [0.2, 0.25) is 0 Å². The predicted molar refractivity (Wildman–Crippen MR) is 109 cm³/mol. The summed E-state index contributed by atoms with van der Waals surface area (Å²) in [6.45, 7) is 2.02. The summed E-state index contributed by atoms with van der Waals surface area (Å²) >= 11 is 0. The first kappa shape index (κ1) is 19.1. The number of nitrogens with zero attached hydrogens (tertiary/aromatic N) is 1. The van der Waals surface area contributed by atoms with Gasteiger partial charge in [-0.05, 0) is 48.4 Å². The van der Waals surface area contributed by atoms with Crippen LogP contribution in [0.5, 0.6) is 5.75 Å². The summed E-state index contributed by atoms with van der Waals surface area (Å²) in [7, 11) is 1.58. The van der Waals surface area contributed by atoms with Gasteiger partial charge in [0.15, 0.2) is 0 Å². The molecule has 6 heteroatoms. The van der Waals surface area contributed by atoms with E-state index in [9.17, 15) is 9.59 Å². The predicted octanol–water partition coefficient (Wildman–Crippen LogP) is 4.16. The third-order valence-electron chi connectivity index (χ3n) is 4.26. The lowest BCUT2D eigenvalue weighted by Crippen LogP contribution is -2.16. The highest BCUT2D eigenvalue weighted by Gasteiger charge is 2.13. The van der Waals surface area contributed by atoms with Gasteiger partial charge in [0.05, 0.1) is 18.2 Å². The molecule has 0 aliphatic carbocycles. The summed E-state index contributed by atoms with van der Waals surface area (Å²) < 4.78 is 5.10. The Hall–Kier alpha value is -3.67. The van der Waals surface area contributed by atoms with Crippen molar-refractivity contribution in [3.05, 3.63) is 83.7 Å². The van der Waals surface area contributed by atoms with Crippen LogP contribution >= 0.6 is 0 Å². The molecule has 1 heterocycles. The van der Waals surface area contributed by atoms with E-state index < -0.39 is 0 Å². The maximum atomic E-state index is 12.6. The molecule has 2 N–H and O–H groups in total. The summed E-state index contributed by atoms with van der Waals surface area (Å²) in [4.78, 5) is 29.1. The molecule has 2 aromatic carbocycles. The van der Waals surface area contributed by atoms with Gasteiger partial charge < -0.3 is 15.4 Å². The van der Waals surface area contributed by atoms with Crippen LogP contribution in [0.4, 0.5) is 11.4 Å². The molecule has 0 atom stereocenters. The normalized spacial score (nSPS) is 10.2. The highest BCUT2D eigenvalue weighted by Crippen LogP contribution is 2.18. The Morgan fingerprint density at radius 1 is 0.929 bits per heavy atom. The molecule has 0 saturated heterocycles. The van der Waals surface area contributed by atoms with E-state index >= 15 is 0 Å². The standard InChI is InChI=1S/C22H21N3O3/c1-3-15-6-4-5-7-20(15)25-22(27)17-12-16(13-23-14-17)21(26)24-18-8-10-19(28-2)11-9-18/h4-14H,3H2,1-2H3,(H,24,26)(H,25,27). The van der Waals surface area contributed by atoms with E-state index in [-0.39, 0.29) is 11.8 Å². The third kappa shape index (κ3) is 4.54. The molecule has 0 radical (unpaired) electrons. The van der Waals surface area contributed by atoms with Crippen LogP contribution < -0.4 is 15.4 Å². The highest BCUT2D eigenvalue weighted by atomic mass is 16.5. The van der Waals surface area contributed by atoms with E-state index in [0.717, 1.165) is 17.7 Å². The number of carbonyl (C=O) groups is 2. The van der Waals surface area contributed by atoms with E-state index in [1.807, 2.05) is 31.2 Å². The molecular weight excluding hydrogens is 354 g/mol. The zero-order valence-corrected chi connectivity index (χ0v) is 15.7. The van der Waals surface area contributed by atoms with Crippen molar-refractivity contribution in [3.63, 3.8) is 0 Å². The van der Waals surface area contributed by atoms with Crippen LogP contribution in [0, 0.1) is 0 Å². The number of hydrogen-bond donors (Lipinski definition) is 2. The second kappa shape index (κ2) is 8.81. The first-order valence-corrected chi connectivity index (χ1v) is 8.90. The lowest BCUT2D eigenvalue weighted by atomic mass is 10.1. The molecule has 1 aromatic heterocycles. The number of para-hydroxylation sites is 1. The van der Waals surface area contributed by atoms with Crippen molar-refractivity contribution in [2.24, 2.45) is 0 Å². The van der Waals surface area contributed by atoms with Gasteiger partial charge >= 0.3 is 0 Å². The monoisotopic (exact) mass is 375 g/mol. The van der Waals surface area contributed by atoms with Gasteiger partial charge in [-0.1, -0.05) is 25.1 Å². The summed E-state index contributed by atoms with van der Waals surface area (Å²) in [5.74, 6) is 0.0412. The van der Waals surface area contributed by atoms with Gasteiger partial charge in [0, 0.05) is 23.8 Å². The van der Waals surface area contributed by atoms with E-state index in [2.05, 4.69) is 15.6 Å². The van der Waals surface area contributed by atoms with Crippen molar-refractivity contribution < 1.29 is 14.3 Å². The Balaban J connectivity index is 1.73. The highest BCUT2D eigenvalue weighted by molar-refractivity contribution is 6.08. The Bertz CT molecular complexity index is 984. The minimum atomic E-state index is -0.346. The van der Waals surface area contributed by atoms with Crippen LogP contribution in [-0.2, 0) is 6.42 Å². The molecule has 3 aromatic rings. The molecule has 0 bridgehead atoms. The second-order valence-corrected chi connectivity index (χ2v) is 6.11. The van der Waals surface area contributed by atoms with Crippen LogP contribution in [0.25, 0.3) is 0 Å². The number of amides is 2. The van der Waals surface area contributed by atoms with E-state index in [1.54, 1.807) is 31.4 Å². The summed E-state index contributed by atoms with van der Waals surface area (Å²) in [6, 6.07) is 16.1. The number of aryl methyl sites for hydroxylation is 1. The first-order valence-electron chi connectivity index (χ1n) is 8.90. The van der Waals surface area contributed by atoms with Crippen molar-refractivity contribution in [3.8, 4) is 5.75 Å². The van der Waals surface area contributed by atoms with Crippen molar-refractivity contribution in [2.75, 3.05) is 17.7 Å². The van der Waals surface area contributed by atoms with Gasteiger partial charge in [0.1, 0.15) is 5.75 Å². The lowest BCUT2D eigenvalue weighted by molar-refractivity contribution is 0.102. The average molecular weight is 375 g/mol. The van der Waals surface area contributed by atoms with Crippen LogP contribution in [0.15, 0.2) is 67.0 Å². The molecule has 0 fully saturated rings. The van der Waals surface area contributed by atoms with Crippen molar-refractivity contribution in [1.29, 1.82) is 0 Å². The minimum absolute atomic E-state index is 0.298. The van der Waals surface area contributed by atoms with Gasteiger partial charge in [-0.25, -0.2) is 0 Å². The number of anilines is 2. The fraction of sp³-hybridized carbons (Fsp3) is 0.136. The molecule has 0 saturated carbocycles. The Kier molecular flexibility index (Phi) is 6.01. The fourth-order valence-corrected chi connectivity index (χ4v) is 2.71. The molecule has 6 nitrogen and oxygen atoms in total. The number of aromatic nitrogens is 1. The minimum Gasteiger partial charge on any atom is -0.497 e. The van der Waals surface area contributed by atoms with Gasteiger partial charge in [-0.2, -0.15) is 0 Å². The van der Waals surface area contributed by atoms with Gasteiger partial charge in [0.25, 0.3) is 11.8 Å². The van der Waals surface area contributed by atoms with Gasteiger partial charge in [-0.15, -0.1) is 0 Å². The number of benzene rings is 2. The molecular formula is C22H21N3O3. The van der Waals surface area contributed by atoms with Crippen molar-refractivity contribution in [2.45, 2.75) is 13.3 Å². The zero-order valence-electron chi connectivity index (χ0n) is 15.7. The number of carbonyl (C=O) groups excluding carboxylic acids is 2. The zero-order chi connectivity index (χ0) is 19.9.